The number of nitrogens with zero attached hydrogens (tertiary/aromatic N) is 1. The average Bonchev–Trinajstić information content (AvgIpc) is 2.83. The van der Waals surface area contributed by atoms with Gasteiger partial charge in [-0.1, -0.05) is 12.1 Å². The van der Waals surface area contributed by atoms with Gasteiger partial charge in [-0.25, -0.2) is 0 Å². The standard InChI is InChI=1S/C9H7NO/c1-2-6-7(10-5-1)3-4-8-9(6)11-8/h1-5,8-9H/t8-,9+/m0/s1. The minimum atomic E-state index is 0.309. The lowest BCUT2D eigenvalue weighted by molar-refractivity contribution is 0.395. The van der Waals surface area contributed by atoms with E-state index in [2.05, 4.69) is 17.1 Å². The molecule has 0 bridgehead atoms. The summed E-state index contributed by atoms with van der Waals surface area (Å²) in [7, 11) is 0. The molecule has 2 heterocycles. The number of hydrogen-bond acceptors (Lipinski definition) is 2. The zero-order chi connectivity index (χ0) is 7.26. The van der Waals surface area contributed by atoms with Crippen LogP contribution in [0, 0.1) is 0 Å². The summed E-state index contributed by atoms with van der Waals surface area (Å²) in [6.45, 7) is 0. The van der Waals surface area contributed by atoms with Crippen LogP contribution in [0.5, 0.6) is 0 Å². The van der Waals surface area contributed by atoms with Crippen LogP contribution in [0.15, 0.2) is 24.4 Å². The second kappa shape index (κ2) is 1.71. The van der Waals surface area contributed by atoms with Crippen LogP contribution in [0.25, 0.3) is 6.08 Å². The lowest BCUT2D eigenvalue weighted by Gasteiger charge is -2.03. The Balaban J connectivity index is 2.24. The van der Waals surface area contributed by atoms with Gasteiger partial charge in [-0.15, -0.1) is 0 Å². The number of ether oxygens (including phenoxy) is 1. The topological polar surface area (TPSA) is 25.4 Å². The zero-order valence-electron chi connectivity index (χ0n) is 5.90. The van der Waals surface area contributed by atoms with Gasteiger partial charge in [0, 0.05) is 11.8 Å². The van der Waals surface area contributed by atoms with E-state index in [1.54, 1.807) is 0 Å². The smallest absolute Gasteiger partial charge is 0.115 e. The molecule has 3 rings (SSSR count). The SMILES string of the molecule is C1=C[C@@H]2O[C@@H]2c2cccnc21. The Morgan fingerprint density at radius 3 is 3.45 bits per heavy atom. The molecule has 2 aliphatic rings. The van der Waals surface area contributed by atoms with E-state index in [0.717, 1.165) is 5.69 Å². The summed E-state index contributed by atoms with van der Waals surface area (Å²) in [6, 6.07) is 4.03. The van der Waals surface area contributed by atoms with Crippen LogP contribution in [0.1, 0.15) is 17.4 Å². The van der Waals surface area contributed by atoms with Gasteiger partial charge in [-0.3, -0.25) is 4.98 Å². The van der Waals surface area contributed by atoms with Crippen molar-refractivity contribution in [3.05, 3.63) is 35.7 Å². The Morgan fingerprint density at radius 1 is 1.45 bits per heavy atom. The van der Waals surface area contributed by atoms with Gasteiger partial charge in [-0.05, 0) is 12.1 Å². The molecule has 1 aromatic rings. The molecule has 2 heteroatoms. The van der Waals surface area contributed by atoms with Gasteiger partial charge in [0.1, 0.15) is 12.2 Å². The van der Waals surface area contributed by atoms with Gasteiger partial charge in [0.25, 0.3) is 0 Å². The lowest BCUT2D eigenvalue weighted by atomic mass is 10.0. The fourth-order valence-electron chi connectivity index (χ4n) is 1.52. The van der Waals surface area contributed by atoms with Crippen molar-refractivity contribution in [2.24, 2.45) is 0 Å². The van der Waals surface area contributed by atoms with Crippen LogP contribution in [0.2, 0.25) is 0 Å². The summed E-state index contributed by atoms with van der Waals surface area (Å²) >= 11 is 0. The van der Waals surface area contributed by atoms with E-state index in [-0.39, 0.29) is 0 Å². The second-order valence-corrected chi connectivity index (χ2v) is 2.86. The molecule has 1 aromatic heterocycles. The number of fused-ring (bicyclic) bond motifs is 3. The third kappa shape index (κ3) is 0.672. The van der Waals surface area contributed by atoms with E-state index < -0.39 is 0 Å². The fraction of sp³-hybridized carbons (Fsp3) is 0.222. The highest BCUT2D eigenvalue weighted by atomic mass is 16.6. The zero-order valence-corrected chi connectivity index (χ0v) is 5.90. The summed E-state index contributed by atoms with van der Waals surface area (Å²) in [4.78, 5) is 4.23. The molecule has 1 aliphatic carbocycles. The maximum absolute atomic E-state index is 5.38. The third-order valence-corrected chi connectivity index (χ3v) is 2.15. The highest BCUT2D eigenvalue weighted by molar-refractivity contribution is 5.56. The summed E-state index contributed by atoms with van der Waals surface area (Å²) in [5, 5.41) is 0. The van der Waals surface area contributed by atoms with Gasteiger partial charge >= 0.3 is 0 Å². The molecule has 0 aromatic carbocycles. The van der Waals surface area contributed by atoms with Gasteiger partial charge in [0.15, 0.2) is 0 Å². The molecule has 1 saturated heterocycles. The van der Waals surface area contributed by atoms with Crippen LogP contribution in [-0.4, -0.2) is 11.1 Å². The van der Waals surface area contributed by atoms with Crippen LogP contribution in [0.3, 0.4) is 0 Å². The largest absolute Gasteiger partial charge is 0.360 e. The lowest BCUT2D eigenvalue weighted by Crippen LogP contribution is -1.96. The summed E-state index contributed by atoms with van der Waals surface area (Å²) in [5.41, 5.74) is 2.30. The Labute approximate surface area is 64.5 Å². The third-order valence-electron chi connectivity index (χ3n) is 2.15. The minimum absolute atomic E-state index is 0.309. The Morgan fingerprint density at radius 2 is 2.45 bits per heavy atom. The Bertz CT molecular complexity index is 332. The van der Waals surface area contributed by atoms with Crippen molar-refractivity contribution in [3.63, 3.8) is 0 Å². The predicted molar refractivity (Wildman–Crippen MR) is 40.9 cm³/mol. The fourth-order valence-corrected chi connectivity index (χ4v) is 1.52. The van der Waals surface area contributed by atoms with E-state index in [0.29, 0.717) is 12.2 Å². The first kappa shape index (κ1) is 5.49. The van der Waals surface area contributed by atoms with Gasteiger partial charge in [-0.2, -0.15) is 0 Å². The van der Waals surface area contributed by atoms with Crippen LogP contribution >= 0.6 is 0 Å². The molecular weight excluding hydrogens is 138 g/mol. The van der Waals surface area contributed by atoms with Crippen LogP contribution < -0.4 is 0 Å². The van der Waals surface area contributed by atoms with E-state index in [1.165, 1.54) is 5.56 Å². The highest BCUT2D eigenvalue weighted by Gasteiger charge is 2.41. The van der Waals surface area contributed by atoms with Crippen molar-refractivity contribution in [2.45, 2.75) is 12.2 Å². The van der Waals surface area contributed by atoms with Crippen molar-refractivity contribution in [3.8, 4) is 0 Å². The minimum Gasteiger partial charge on any atom is -0.360 e. The molecule has 2 atom stereocenters. The molecule has 0 saturated carbocycles. The molecule has 0 amide bonds. The predicted octanol–water partition coefficient (Wildman–Crippen LogP) is 1.55. The summed E-state index contributed by atoms with van der Waals surface area (Å²) < 4.78 is 5.38. The number of pyridine rings is 1. The molecule has 54 valence electrons. The number of hydrogen-bond donors (Lipinski definition) is 0. The number of rotatable bonds is 0. The molecule has 0 radical (unpaired) electrons. The molecule has 0 spiro atoms. The summed E-state index contributed by atoms with van der Waals surface area (Å²) in [5.74, 6) is 0. The van der Waals surface area contributed by atoms with E-state index >= 15 is 0 Å². The molecule has 2 nitrogen and oxygen atoms in total. The maximum atomic E-state index is 5.38. The molecular formula is C9H7NO. The quantitative estimate of drug-likeness (QED) is 0.517. The highest BCUT2D eigenvalue weighted by Crippen LogP contribution is 2.43. The van der Waals surface area contributed by atoms with Crippen molar-refractivity contribution in [2.75, 3.05) is 0 Å². The number of epoxide rings is 1. The van der Waals surface area contributed by atoms with Crippen molar-refractivity contribution in [1.29, 1.82) is 0 Å². The van der Waals surface area contributed by atoms with Gasteiger partial charge in [0.2, 0.25) is 0 Å². The maximum Gasteiger partial charge on any atom is 0.115 e. The second-order valence-electron chi connectivity index (χ2n) is 2.86. The average molecular weight is 145 g/mol. The number of aromatic nitrogens is 1. The van der Waals surface area contributed by atoms with Crippen LogP contribution in [-0.2, 0) is 4.74 Å². The first-order valence-electron chi connectivity index (χ1n) is 3.74. The van der Waals surface area contributed by atoms with Crippen LogP contribution in [0.4, 0.5) is 0 Å². The normalized spacial score (nSPS) is 30.9. The van der Waals surface area contributed by atoms with Crippen molar-refractivity contribution >= 4 is 6.08 Å². The van der Waals surface area contributed by atoms with E-state index in [1.807, 2.05) is 18.3 Å². The Hall–Kier alpha value is -1.15. The van der Waals surface area contributed by atoms with E-state index in [9.17, 15) is 0 Å². The van der Waals surface area contributed by atoms with Gasteiger partial charge in [0.05, 0.1) is 5.69 Å². The monoisotopic (exact) mass is 145 g/mol. The summed E-state index contributed by atoms with van der Waals surface area (Å²) in [6.07, 6.45) is 6.56. The van der Waals surface area contributed by atoms with Crippen molar-refractivity contribution in [1.82, 2.24) is 4.98 Å². The molecule has 11 heavy (non-hydrogen) atoms. The molecule has 0 unspecified atom stereocenters. The molecule has 0 N–H and O–H groups in total. The van der Waals surface area contributed by atoms with E-state index in [4.69, 9.17) is 4.74 Å². The molecule has 1 aliphatic heterocycles. The van der Waals surface area contributed by atoms with Crippen molar-refractivity contribution < 1.29 is 4.74 Å². The first-order chi connectivity index (χ1) is 5.45. The Kier molecular flexibility index (Phi) is 0.855. The molecule has 1 fully saturated rings. The van der Waals surface area contributed by atoms with Gasteiger partial charge < -0.3 is 4.74 Å². The first-order valence-corrected chi connectivity index (χ1v) is 3.74.